The van der Waals surface area contributed by atoms with Crippen molar-refractivity contribution in [1.29, 1.82) is 0 Å². The van der Waals surface area contributed by atoms with Crippen LogP contribution in [0.25, 0.3) is 0 Å². The van der Waals surface area contributed by atoms with Crippen LogP contribution in [0, 0.1) is 0 Å². The second-order valence-corrected chi connectivity index (χ2v) is 14.2. The lowest BCUT2D eigenvalue weighted by atomic mass is 9.81. The van der Waals surface area contributed by atoms with Gasteiger partial charge in [0.1, 0.15) is 5.75 Å². The molecule has 0 N–H and O–H groups in total. The number of hydrogen-bond donors (Lipinski definition) is 0. The Balaban J connectivity index is 1.49. The van der Waals surface area contributed by atoms with Crippen LogP contribution >= 0.6 is 8.44 Å². The van der Waals surface area contributed by atoms with Crippen molar-refractivity contribution in [3.8, 4) is 5.75 Å². The van der Waals surface area contributed by atoms with Crippen molar-refractivity contribution < 1.29 is 32.2 Å². The van der Waals surface area contributed by atoms with E-state index in [2.05, 4.69) is 0 Å². The van der Waals surface area contributed by atoms with Gasteiger partial charge in [0.05, 0.1) is 19.0 Å². The molecule has 2 aliphatic heterocycles. The maximum Gasteiger partial charge on any atom is 0.302 e. The van der Waals surface area contributed by atoms with E-state index in [4.69, 9.17) is 19.2 Å². The Morgan fingerprint density at radius 1 is 1.05 bits per heavy atom. The van der Waals surface area contributed by atoms with Gasteiger partial charge in [0.2, 0.25) is 5.90 Å². The van der Waals surface area contributed by atoms with Crippen molar-refractivity contribution in [2.75, 3.05) is 25.5 Å². The fourth-order valence-electron chi connectivity index (χ4n) is 5.27. The third-order valence-corrected chi connectivity index (χ3v) is 8.71. The second kappa shape index (κ2) is 12.6. The molecule has 0 spiro atoms. The molecule has 11 heteroatoms. The van der Waals surface area contributed by atoms with Gasteiger partial charge < -0.3 is 19.1 Å². The Bertz CT molecular complexity index is 1580. The molecule has 0 aromatic heterocycles. The van der Waals surface area contributed by atoms with E-state index < -0.39 is 21.1 Å². The van der Waals surface area contributed by atoms with Crippen molar-refractivity contribution in [2.45, 2.75) is 38.0 Å². The molecule has 9 nitrogen and oxygen atoms in total. The van der Waals surface area contributed by atoms with Gasteiger partial charge in [0, 0.05) is 44.0 Å². The van der Waals surface area contributed by atoms with E-state index in [1.807, 2.05) is 75.2 Å². The first-order chi connectivity index (χ1) is 20.1. The van der Waals surface area contributed by atoms with Crippen molar-refractivity contribution in [3.63, 3.8) is 0 Å². The normalized spacial score (nSPS) is 19.7. The number of rotatable bonds is 11. The summed E-state index contributed by atoms with van der Waals surface area (Å²) in [5.41, 5.74) is 2.01. The lowest BCUT2D eigenvalue weighted by Crippen LogP contribution is -2.50. The zero-order chi connectivity index (χ0) is 29.7. The number of carbonyl (C=O) groups excluding carboxylic acids is 2. The zero-order valence-corrected chi connectivity index (χ0v) is 25.2. The van der Waals surface area contributed by atoms with Gasteiger partial charge in [-0.2, -0.15) is 0 Å². The summed E-state index contributed by atoms with van der Waals surface area (Å²) >= 11 is 0. The van der Waals surface area contributed by atoms with Crippen LogP contribution in [0.15, 0.2) is 83.9 Å². The molecule has 5 rings (SSSR count). The highest BCUT2D eigenvalue weighted by molar-refractivity contribution is 8.37. The maximum atomic E-state index is 14.5. The molecule has 2 heterocycles. The van der Waals surface area contributed by atoms with E-state index in [1.165, 1.54) is 6.92 Å². The van der Waals surface area contributed by atoms with Gasteiger partial charge in [-0.25, -0.2) is 13.4 Å². The first-order valence-electron chi connectivity index (χ1n) is 13.7. The van der Waals surface area contributed by atoms with Gasteiger partial charge in [0.25, 0.3) is 5.91 Å². The highest BCUT2D eigenvalue weighted by Crippen LogP contribution is 2.46. The summed E-state index contributed by atoms with van der Waals surface area (Å²) in [6.07, 6.45) is 0.144. The number of fused-ring (bicyclic) bond motifs is 3. The van der Waals surface area contributed by atoms with Gasteiger partial charge in [-0.15, -0.1) is 0 Å². The standard InChI is InChI=1S/C31H33N2O7PS/c1-22(34)38-17-7-18-39-26-14-12-24(13-15-26)29-32-31(20-23-8-3-2-4-9-23)28(40-29)27-11-6-5-10-25(27)21-33(30(31)35)16-19-42(36,37)41/h2-6,8-15,28H,7,16-21,41H2,1H3/t28-,31-/m0/s1. The predicted octanol–water partition coefficient (Wildman–Crippen LogP) is 4.07. The highest BCUT2D eigenvalue weighted by atomic mass is 32.7. The molecule has 42 heavy (non-hydrogen) atoms. The summed E-state index contributed by atoms with van der Waals surface area (Å²) in [7, 11) is -1.52. The molecule has 0 aliphatic carbocycles. The number of carbonyl (C=O) groups is 2. The molecule has 0 bridgehead atoms. The minimum atomic E-state index is -3.39. The molecule has 220 valence electrons. The fourth-order valence-corrected chi connectivity index (χ4v) is 6.06. The number of amides is 1. The summed E-state index contributed by atoms with van der Waals surface area (Å²) < 4.78 is 41.3. The lowest BCUT2D eigenvalue weighted by Gasteiger charge is -2.32. The molecule has 2 aliphatic rings. The molecule has 1 amide bonds. The van der Waals surface area contributed by atoms with Crippen LogP contribution in [0.1, 0.15) is 41.7 Å². The minimum Gasteiger partial charge on any atom is -0.493 e. The summed E-state index contributed by atoms with van der Waals surface area (Å²) in [6.45, 7) is 2.35. The second-order valence-electron chi connectivity index (χ2n) is 10.4. The topological polar surface area (TPSA) is 112 Å². The number of hydrogen-bond acceptors (Lipinski definition) is 8. The largest absolute Gasteiger partial charge is 0.493 e. The lowest BCUT2D eigenvalue weighted by molar-refractivity contribution is -0.141. The van der Waals surface area contributed by atoms with Crippen LogP contribution < -0.4 is 4.74 Å². The number of nitrogens with zero attached hydrogens (tertiary/aromatic N) is 2. The number of aliphatic imine (C=N–C) groups is 1. The maximum absolute atomic E-state index is 14.5. The first kappa shape index (κ1) is 29.7. The fraction of sp³-hybridized carbons (Fsp3) is 0.323. The third kappa shape index (κ3) is 6.82. The van der Waals surface area contributed by atoms with Crippen molar-refractivity contribution >= 4 is 35.7 Å². The number of benzene rings is 3. The van der Waals surface area contributed by atoms with Crippen molar-refractivity contribution in [3.05, 3.63) is 101 Å². The Kier molecular flexibility index (Phi) is 8.94. The third-order valence-electron chi connectivity index (χ3n) is 7.25. The first-order valence-corrected chi connectivity index (χ1v) is 16.8. The van der Waals surface area contributed by atoms with Gasteiger partial charge in [-0.3, -0.25) is 9.59 Å². The minimum absolute atomic E-state index is 0.0383. The monoisotopic (exact) mass is 608 g/mol. The smallest absolute Gasteiger partial charge is 0.302 e. The van der Waals surface area contributed by atoms with Crippen LogP contribution in [-0.4, -0.2) is 62.1 Å². The van der Waals surface area contributed by atoms with Crippen LogP contribution in [0.4, 0.5) is 0 Å². The molecular weight excluding hydrogens is 575 g/mol. The Hall–Kier alpha value is -3.75. The molecule has 0 saturated carbocycles. The molecule has 0 saturated heterocycles. The molecule has 1 unspecified atom stereocenters. The summed E-state index contributed by atoms with van der Waals surface area (Å²) in [5, 5.41) is 0. The van der Waals surface area contributed by atoms with E-state index in [1.54, 1.807) is 17.0 Å². The van der Waals surface area contributed by atoms with Crippen molar-refractivity contribution in [2.24, 2.45) is 4.99 Å². The molecular formula is C31H33N2O7PS. The van der Waals surface area contributed by atoms with E-state index >= 15 is 0 Å². The molecule has 3 atom stereocenters. The average Bonchev–Trinajstić information content (AvgIpc) is 3.31. The van der Waals surface area contributed by atoms with Crippen LogP contribution in [0.2, 0.25) is 0 Å². The number of ether oxygens (including phenoxy) is 3. The summed E-state index contributed by atoms with van der Waals surface area (Å²) in [4.78, 5) is 32.0. The van der Waals surface area contributed by atoms with Gasteiger partial charge in [-0.05, 0) is 43.8 Å². The summed E-state index contributed by atoms with van der Waals surface area (Å²) in [6, 6.07) is 24.6. The van der Waals surface area contributed by atoms with E-state index in [-0.39, 0.29) is 37.1 Å². The van der Waals surface area contributed by atoms with Gasteiger partial charge >= 0.3 is 5.97 Å². The Labute approximate surface area is 247 Å². The van der Waals surface area contributed by atoms with Crippen LogP contribution in [0.5, 0.6) is 5.75 Å². The van der Waals surface area contributed by atoms with E-state index in [9.17, 15) is 18.0 Å². The highest BCUT2D eigenvalue weighted by Gasteiger charge is 2.56. The van der Waals surface area contributed by atoms with Gasteiger partial charge in [0.15, 0.2) is 21.1 Å². The van der Waals surface area contributed by atoms with Crippen LogP contribution in [-0.2, 0) is 41.5 Å². The SMILES string of the molecule is CC(=O)OCCCOc1ccc(C2=N[C@]3(Cc4ccccc4)C(=O)N(CCS(=O)(=O)P)Cc4ccccc4[C@@H]3O2)cc1. The summed E-state index contributed by atoms with van der Waals surface area (Å²) in [5.74, 6) is 0.193. The van der Waals surface area contributed by atoms with Crippen LogP contribution in [0.3, 0.4) is 0 Å². The Morgan fingerprint density at radius 3 is 2.48 bits per heavy atom. The zero-order valence-electron chi connectivity index (χ0n) is 23.3. The quantitative estimate of drug-likeness (QED) is 0.183. The van der Waals surface area contributed by atoms with Gasteiger partial charge in [-0.1, -0.05) is 54.6 Å². The average molecular weight is 609 g/mol. The molecule has 0 radical (unpaired) electrons. The molecule has 0 fully saturated rings. The van der Waals surface area contributed by atoms with E-state index in [0.717, 1.165) is 16.7 Å². The van der Waals surface area contributed by atoms with Crippen molar-refractivity contribution in [1.82, 2.24) is 4.90 Å². The molecule has 3 aromatic rings. The molecule has 3 aromatic carbocycles. The number of esters is 1. The van der Waals surface area contributed by atoms with E-state index in [0.29, 0.717) is 36.8 Å². The predicted molar refractivity (Wildman–Crippen MR) is 162 cm³/mol. The Morgan fingerprint density at radius 2 is 1.76 bits per heavy atom.